The number of rotatable bonds is 9. The van der Waals surface area contributed by atoms with E-state index in [2.05, 4.69) is 52.0 Å². The van der Waals surface area contributed by atoms with E-state index in [1.54, 1.807) is 12.3 Å². The second-order valence-electron chi connectivity index (χ2n) is 9.35. The minimum Gasteiger partial charge on any atom is -0.488 e. The largest absolute Gasteiger partial charge is 0.488 e. The average molecular weight is 469 g/mol. The summed E-state index contributed by atoms with van der Waals surface area (Å²) in [5, 5.41) is 6.93. The molecular formula is C29H32N4O2. The number of aromatic nitrogens is 1. The number of ketones is 1. The summed E-state index contributed by atoms with van der Waals surface area (Å²) in [7, 11) is 0. The molecule has 0 radical (unpaired) electrons. The molecular weight excluding hydrogens is 436 g/mol. The highest BCUT2D eigenvalue weighted by molar-refractivity contribution is 6.16. The van der Waals surface area contributed by atoms with Gasteiger partial charge >= 0.3 is 0 Å². The molecule has 1 aromatic heterocycles. The molecule has 6 heteroatoms. The summed E-state index contributed by atoms with van der Waals surface area (Å²) in [6.45, 7) is 4.04. The van der Waals surface area contributed by atoms with E-state index < -0.39 is 0 Å². The normalized spacial score (nSPS) is 16.0. The fourth-order valence-electron chi connectivity index (χ4n) is 4.72. The van der Waals surface area contributed by atoms with Crippen LogP contribution in [0.2, 0.25) is 0 Å². The molecule has 2 aliphatic heterocycles. The van der Waals surface area contributed by atoms with Crippen molar-refractivity contribution in [3.63, 3.8) is 0 Å². The van der Waals surface area contributed by atoms with Crippen molar-refractivity contribution >= 4 is 17.2 Å². The standard InChI is InChI=1S/C29H32N4O2/c34-28-17-24(20-35-25-8-6-22(7-9-25)16-21-4-2-1-3-5-21)33-29-26(28)12-15-32-27(29)19-31-18-23-10-13-30-14-11-23/h1-9,12,15,23,30-31H,10-11,13-14,16-20H2. The second kappa shape index (κ2) is 11.4. The fourth-order valence-corrected chi connectivity index (χ4v) is 4.72. The summed E-state index contributed by atoms with van der Waals surface area (Å²) in [5.41, 5.74) is 5.43. The van der Waals surface area contributed by atoms with Gasteiger partial charge < -0.3 is 15.4 Å². The third-order valence-electron chi connectivity index (χ3n) is 6.70. The van der Waals surface area contributed by atoms with Gasteiger partial charge in [-0.1, -0.05) is 42.5 Å². The van der Waals surface area contributed by atoms with E-state index in [0.717, 1.165) is 43.2 Å². The first-order chi connectivity index (χ1) is 17.2. The molecule has 1 fully saturated rings. The van der Waals surface area contributed by atoms with Crippen molar-refractivity contribution in [3.05, 3.63) is 89.2 Å². The summed E-state index contributed by atoms with van der Waals surface area (Å²) in [4.78, 5) is 22.1. The highest BCUT2D eigenvalue weighted by Gasteiger charge is 2.23. The van der Waals surface area contributed by atoms with Crippen molar-refractivity contribution in [1.29, 1.82) is 0 Å². The number of hydrogen-bond acceptors (Lipinski definition) is 6. The summed E-state index contributed by atoms with van der Waals surface area (Å²) in [6, 6.07) is 20.3. The van der Waals surface area contributed by atoms with Gasteiger partial charge in [-0.05, 0) is 74.1 Å². The predicted octanol–water partition coefficient (Wildman–Crippen LogP) is 4.50. The number of benzene rings is 2. The Morgan fingerprint density at radius 2 is 1.74 bits per heavy atom. The van der Waals surface area contributed by atoms with E-state index in [1.807, 2.05) is 18.2 Å². The lowest BCUT2D eigenvalue weighted by molar-refractivity contribution is 0.0998. The number of nitrogens with zero attached hydrogens (tertiary/aromatic N) is 2. The number of carbonyl (C=O) groups excluding carboxylic acids is 1. The molecule has 0 spiro atoms. The van der Waals surface area contributed by atoms with Crippen molar-refractivity contribution in [3.8, 4) is 5.75 Å². The lowest BCUT2D eigenvalue weighted by Gasteiger charge is -2.23. The van der Waals surface area contributed by atoms with Crippen molar-refractivity contribution in [1.82, 2.24) is 15.6 Å². The van der Waals surface area contributed by atoms with Crippen LogP contribution in [0.25, 0.3) is 0 Å². The van der Waals surface area contributed by atoms with Crippen molar-refractivity contribution in [2.75, 3.05) is 26.2 Å². The van der Waals surface area contributed by atoms with Gasteiger partial charge in [0.1, 0.15) is 12.4 Å². The first kappa shape index (κ1) is 23.4. The minimum atomic E-state index is 0.0776. The van der Waals surface area contributed by atoms with Crippen LogP contribution in [0.4, 0.5) is 5.69 Å². The van der Waals surface area contributed by atoms with Crippen molar-refractivity contribution < 1.29 is 9.53 Å². The Bertz CT molecular complexity index is 1170. The average Bonchev–Trinajstić information content (AvgIpc) is 2.90. The number of hydrogen-bond donors (Lipinski definition) is 2. The van der Waals surface area contributed by atoms with Gasteiger partial charge in [0.2, 0.25) is 0 Å². The van der Waals surface area contributed by atoms with E-state index in [0.29, 0.717) is 30.3 Å². The smallest absolute Gasteiger partial charge is 0.170 e. The molecule has 0 amide bonds. The zero-order chi connectivity index (χ0) is 23.9. The molecule has 35 heavy (non-hydrogen) atoms. The number of ether oxygens (including phenoxy) is 1. The number of piperidine rings is 1. The molecule has 2 aliphatic rings. The molecule has 3 aromatic rings. The van der Waals surface area contributed by atoms with Gasteiger partial charge in [0.05, 0.1) is 23.5 Å². The molecule has 0 bridgehead atoms. The SMILES string of the molecule is O=C1CC(COc2ccc(Cc3ccccc3)cc2)=Nc2c1ccnc2CNCC1CCNCC1. The Morgan fingerprint density at radius 3 is 2.54 bits per heavy atom. The van der Waals surface area contributed by atoms with E-state index >= 15 is 0 Å². The Hall–Kier alpha value is -3.35. The Morgan fingerprint density at radius 1 is 0.971 bits per heavy atom. The minimum absolute atomic E-state index is 0.0776. The van der Waals surface area contributed by atoms with Gasteiger partial charge in [-0.3, -0.25) is 14.8 Å². The highest BCUT2D eigenvalue weighted by atomic mass is 16.5. The van der Waals surface area contributed by atoms with Crippen LogP contribution in [0.15, 0.2) is 71.9 Å². The zero-order valence-corrected chi connectivity index (χ0v) is 20.0. The van der Waals surface area contributed by atoms with E-state index in [9.17, 15) is 4.79 Å². The molecule has 0 saturated carbocycles. The molecule has 0 aliphatic carbocycles. The van der Waals surface area contributed by atoms with Gasteiger partial charge in [-0.15, -0.1) is 0 Å². The molecule has 180 valence electrons. The number of pyridine rings is 1. The topological polar surface area (TPSA) is 75.6 Å². The first-order valence-electron chi connectivity index (χ1n) is 12.5. The molecule has 2 aromatic carbocycles. The number of nitrogens with one attached hydrogen (secondary N) is 2. The van der Waals surface area contributed by atoms with Crippen LogP contribution in [0, 0.1) is 5.92 Å². The number of Topliss-reactive ketones (excluding diaryl/α,β-unsaturated/α-hetero) is 1. The number of aliphatic imine (C=N–C) groups is 1. The first-order valence-corrected chi connectivity index (χ1v) is 12.5. The molecule has 3 heterocycles. The highest BCUT2D eigenvalue weighted by Crippen LogP contribution is 2.29. The van der Waals surface area contributed by atoms with Crippen LogP contribution in [-0.2, 0) is 13.0 Å². The maximum absolute atomic E-state index is 12.8. The fraction of sp³-hybridized carbons (Fsp3) is 0.345. The monoisotopic (exact) mass is 468 g/mol. The third-order valence-corrected chi connectivity index (χ3v) is 6.70. The lowest BCUT2D eigenvalue weighted by Crippen LogP contribution is -2.33. The Balaban J connectivity index is 1.20. The van der Waals surface area contributed by atoms with Crippen LogP contribution in [0.1, 0.15) is 46.4 Å². The van der Waals surface area contributed by atoms with Gasteiger partial charge in [-0.25, -0.2) is 0 Å². The maximum atomic E-state index is 12.8. The Kier molecular flexibility index (Phi) is 7.61. The van der Waals surface area contributed by atoms with Crippen LogP contribution < -0.4 is 15.4 Å². The van der Waals surface area contributed by atoms with Crippen molar-refractivity contribution in [2.45, 2.75) is 32.2 Å². The quantitative estimate of drug-likeness (QED) is 0.484. The molecule has 1 saturated heterocycles. The molecule has 2 N–H and O–H groups in total. The zero-order valence-electron chi connectivity index (χ0n) is 20.0. The van der Waals surface area contributed by atoms with Crippen molar-refractivity contribution in [2.24, 2.45) is 10.9 Å². The van der Waals surface area contributed by atoms with E-state index in [1.165, 1.54) is 24.0 Å². The van der Waals surface area contributed by atoms with E-state index in [4.69, 9.17) is 9.73 Å². The number of fused-ring (bicyclic) bond motifs is 1. The van der Waals surface area contributed by atoms with Gasteiger partial charge in [-0.2, -0.15) is 0 Å². The summed E-state index contributed by atoms with van der Waals surface area (Å²) in [6.07, 6.45) is 5.27. The second-order valence-corrected chi connectivity index (χ2v) is 9.35. The van der Waals surface area contributed by atoms with Crippen LogP contribution in [0.5, 0.6) is 5.75 Å². The lowest BCUT2D eigenvalue weighted by atomic mass is 9.98. The van der Waals surface area contributed by atoms with Crippen LogP contribution in [0.3, 0.4) is 0 Å². The maximum Gasteiger partial charge on any atom is 0.170 e. The molecule has 5 rings (SSSR count). The van der Waals surface area contributed by atoms with Gasteiger partial charge in [0.25, 0.3) is 0 Å². The van der Waals surface area contributed by atoms with Crippen LogP contribution >= 0.6 is 0 Å². The van der Waals surface area contributed by atoms with Crippen LogP contribution in [-0.4, -0.2) is 42.7 Å². The summed E-state index contributed by atoms with van der Waals surface area (Å²) >= 11 is 0. The predicted molar refractivity (Wildman–Crippen MR) is 139 cm³/mol. The molecule has 6 nitrogen and oxygen atoms in total. The Labute approximate surface area is 206 Å². The summed E-state index contributed by atoms with van der Waals surface area (Å²) in [5.74, 6) is 1.54. The molecule has 0 atom stereocenters. The number of carbonyl (C=O) groups is 1. The summed E-state index contributed by atoms with van der Waals surface area (Å²) < 4.78 is 5.99. The van der Waals surface area contributed by atoms with E-state index in [-0.39, 0.29) is 12.2 Å². The third kappa shape index (κ3) is 6.21. The molecule has 0 unspecified atom stereocenters. The van der Waals surface area contributed by atoms with Gasteiger partial charge in [0.15, 0.2) is 5.78 Å². The van der Waals surface area contributed by atoms with Gasteiger partial charge in [0, 0.05) is 18.3 Å².